The summed E-state index contributed by atoms with van der Waals surface area (Å²) in [5.41, 5.74) is 1.33. The molecule has 0 unspecified atom stereocenters. The molecule has 2 aromatic rings. The zero-order valence-electron chi connectivity index (χ0n) is 18.6. The lowest BCUT2D eigenvalue weighted by Gasteiger charge is -2.40. The Hall–Kier alpha value is -2.76. The van der Waals surface area contributed by atoms with Gasteiger partial charge in [0.05, 0.1) is 17.0 Å². The number of halogens is 5. The number of Topliss-reactive ketones (excluding diaryl/α,β-unsaturated/α-hetero) is 1. The van der Waals surface area contributed by atoms with Crippen LogP contribution in [-0.2, 0) is 4.79 Å². The summed E-state index contributed by atoms with van der Waals surface area (Å²) in [6, 6.07) is 8.66. The van der Waals surface area contributed by atoms with Gasteiger partial charge in [0, 0.05) is 56.0 Å². The van der Waals surface area contributed by atoms with Gasteiger partial charge in [-0.15, -0.1) is 0 Å². The van der Waals surface area contributed by atoms with Gasteiger partial charge < -0.3 is 4.90 Å². The van der Waals surface area contributed by atoms with Gasteiger partial charge in [-0.1, -0.05) is 0 Å². The van der Waals surface area contributed by atoms with Crippen molar-refractivity contribution in [2.75, 3.05) is 18.0 Å². The molecule has 182 valence electrons. The number of pyridine rings is 1. The molecular weight excluding hydrogens is 453 g/mol. The fourth-order valence-corrected chi connectivity index (χ4v) is 5.34. The Labute approximate surface area is 194 Å². The van der Waals surface area contributed by atoms with Crippen LogP contribution in [0.25, 0.3) is 10.9 Å². The SMILES string of the molecule is N#Cc1ccc(N2C[C@H](CC(=O)CC3CCC(F)(F)CC3)C[C@H](C(F)(F)F)C2)c2cccnc12. The van der Waals surface area contributed by atoms with Crippen LogP contribution in [0.4, 0.5) is 27.6 Å². The molecule has 0 N–H and O–H groups in total. The number of carbonyl (C=O) groups is 1. The molecule has 1 saturated carbocycles. The van der Waals surface area contributed by atoms with E-state index in [9.17, 15) is 32.0 Å². The Bertz CT molecular complexity index is 1080. The molecule has 0 spiro atoms. The lowest BCUT2D eigenvalue weighted by atomic mass is 9.80. The second kappa shape index (κ2) is 9.47. The van der Waals surface area contributed by atoms with Gasteiger partial charge in [0.15, 0.2) is 0 Å². The van der Waals surface area contributed by atoms with E-state index in [0.29, 0.717) is 22.2 Å². The molecule has 2 heterocycles. The molecule has 1 saturated heterocycles. The summed E-state index contributed by atoms with van der Waals surface area (Å²) in [5.74, 6) is -5.05. The number of benzene rings is 1. The van der Waals surface area contributed by atoms with Crippen molar-refractivity contribution < 1.29 is 26.7 Å². The van der Waals surface area contributed by atoms with E-state index in [2.05, 4.69) is 11.1 Å². The molecule has 1 aliphatic carbocycles. The van der Waals surface area contributed by atoms with Crippen molar-refractivity contribution in [2.45, 2.75) is 57.0 Å². The second-order valence-electron chi connectivity index (χ2n) is 9.64. The van der Waals surface area contributed by atoms with Gasteiger partial charge in [-0.05, 0) is 55.4 Å². The predicted octanol–water partition coefficient (Wildman–Crippen LogP) is 6.29. The van der Waals surface area contributed by atoms with Crippen molar-refractivity contribution in [3.05, 3.63) is 36.0 Å². The van der Waals surface area contributed by atoms with Crippen molar-refractivity contribution >= 4 is 22.4 Å². The summed E-state index contributed by atoms with van der Waals surface area (Å²) >= 11 is 0. The first-order chi connectivity index (χ1) is 16.1. The Morgan fingerprint density at radius 3 is 2.50 bits per heavy atom. The maximum atomic E-state index is 13.8. The van der Waals surface area contributed by atoms with Crippen molar-refractivity contribution in [1.29, 1.82) is 5.26 Å². The first kappa shape index (κ1) is 24.4. The Morgan fingerprint density at radius 2 is 1.82 bits per heavy atom. The first-order valence-corrected chi connectivity index (χ1v) is 11.5. The van der Waals surface area contributed by atoms with E-state index >= 15 is 0 Å². The third-order valence-electron chi connectivity index (χ3n) is 7.08. The molecule has 0 radical (unpaired) electrons. The van der Waals surface area contributed by atoms with Gasteiger partial charge in [-0.3, -0.25) is 9.78 Å². The number of fused-ring (bicyclic) bond motifs is 1. The highest BCUT2D eigenvalue weighted by Gasteiger charge is 2.45. The summed E-state index contributed by atoms with van der Waals surface area (Å²) in [7, 11) is 0. The number of aromatic nitrogens is 1. The maximum Gasteiger partial charge on any atom is 0.393 e. The van der Waals surface area contributed by atoms with Crippen LogP contribution >= 0.6 is 0 Å². The summed E-state index contributed by atoms with van der Waals surface area (Å²) in [6.45, 7) is 0.0404. The number of hydrogen-bond donors (Lipinski definition) is 0. The molecule has 34 heavy (non-hydrogen) atoms. The number of piperidine rings is 1. The molecule has 1 aromatic heterocycles. The molecule has 2 aliphatic rings. The summed E-state index contributed by atoms with van der Waals surface area (Å²) in [4.78, 5) is 18.6. The molecular formula is C25H26F5N3O. The second-order valence-corrected chi connectivity index (χ2v) is 9.64. The van der Waals surface area contributed by atoms with Gasteiger partial charge >= 0.3 is 6.18 Å². The number of carbonyl (C=O) groups excluding carboxylic acids is 1. The Morgan fingerprint density at radius 1 is 1.12 bits per heavy atom. The average Bonchev–Trinajstić information content (AvgIpc) is 2.79. The standard InChI is InChI=1S/C25H26F5N3O/c26-24(27)7-5-16(6-8-24)11-20(34)12-17-10-19(25(28,29)30)15-33(14-17)22-4-3-18(13-31)23-21(22)2-1-9-32-23/h1-4,9,16-17,19H,5-8,10-12,14-15H2/t17-,19-/m0/s1. The lowest BCUT2D eigenvalue weighted by Crippen LogP contribution is -2.46. The van der Waals surface area contributed by atoms with Crippen LogP contribution in [0.1, 0.15) is 50.5 Å². The molecule has 0 amide bonds. The number of nitrogens with zero attached hydrogens (tertiary/aromatic N) is 3. The molecule has 1 aliphatic heterocycles. The van der Waals surface area contributed by atoms with E-state index < -0.39 is 23.9 Å². The normalized spacial score (nSPS) is 23.6. The van der Waals surface area contributed by atoms with E-state index in [-0.39, 0.29) is 69.7 Å². The average molecular weight is 479 g/mol. The summed E-state index contributed by atoms with van der Waals surface area (Å²) in [6.07, 6.45) is -2.80. The molecule has 1 aromatic carbocycles. The molecule has 2 atom stereocenters. The summed E-state index contributed by atoms with van der Waals surface area (Å²) in [5, 5.41) is 9.95. The highest BCUT2D eigenvalue weighted by Crippen LogP contribution is 2.41. The number of anilines is 1. The van der Waals surface area contributed by atoms with Gasteiger partial charge in [-0.25, -0.2) is 8.78 Å². The molecule has 2 fully saturated rings. The van der Waals surface area contributed by atoms with Gasteiger partial charge in [-0.2, -0.15) is 18.4 Å². The van der Waals surface area contributed by atoms with E-state index in [1.807, 2.05) is 0 Å². The monoisotopic (exact) mass is 479 g/mol. The zero-order chi connectivity index (χ0) is 24.5. The van der Waals surface area contributed by atoms with Gasteiger partial charge in [0.25, 0.3) is 0 Å². The predicted molar refractivity (Wildman–Crippen MR) is 117 cm³/mol. The molecule has 4 rings (SSSR count). The van der Waals surface area contributed by atoms with Crippen LogP contribution < -0.4 is 4.90 Å². The van der Waals surface area contributed by atoms with E-state index in [4.69, 9.17) is 0 Å². The maximum absolute atomic E-state index is 13.8. The quantitative estimate of drug-likeness (QED) is 0.473. The number of nitriles is 1. The topological polar surface area (TPSA) is 57.0 Å². The third kappa shape index (κ3) is 5.48. The Balaban J connectivity index is 1.52. The highest BCUT2D eigenvalue weighted by molar-refractivity contribution is 5.95. The fourth-order valence-electron chi connectivity index (χ4n) is 5.34. The van der Waals surface area contributed by atoms with Crippen LogP contribution in [-0.4, -0.2) is 36.0 Å². The van der Waals surface area contributed by atoms with Crippen molar-refractivity contribution in [3.63, 3.8) is 0 Å². The number of ketones is 1. The van der Waals surface area contributed by atoms with Crippen LogP contribution in [0.2, 0.25) is 0 Å². The van der Waals surface area contributed by atoms with Crippen molar-refractivity contribution in [3.8, 4) is 6.07 Å². The zero-order valence-corrected chi connectivity index (χ0v) is 18.6. The molecule has 4 nitrogen and oxygen atoms in total. The fraction of sp³-hybridized carbons (Fsp3) is 0.560. The number of hydrogen-bond acceptors (Lipinski definition) is 4. The van der Waals surface area contributed by atoms with Crippen LogP contribution in [0, 0.1) is 29.1 Å². The minimum Gasteiger partial charge on any atom is -0.370 e. The lowest BCUT2D eigenvalue weighted by molar-refractivity contribution is -0.179. The number of rotatable bonds is 5. The van der Waals surface area contributed by atoms with E-state index in [1.165, 1.54) is 6.20 Å². The Kier molecular flexibility index (Phi) is 6.79. The number of alkyl halides is 5. The highest BCUT2D eigenvalue weighted by atomic mass is 19.4. The minimum atomic E-state index is -4.41. The van der Waals surface area contributed by atoms with Crippen LogP contribution in [0.15, 0.2) is 30.5 Å². The summed E-state index contributed by atoms with van der Waals surface area (Å²) < 4.78 is 68.1. The van der Waals surface area contributed by atoms with E-state index in [0.717, 1.165) is 0 Å². The smallest absolute Gasteiger partial charge is 0.370 e. The van der Waals surface area contributed by atoms with Gasteiger partial charge in [0.1, 0.15) is 11.9 Å². The largest absolute Gasteiger partial charge is 0.393 e. The minimum absolute atomic E-state index is 0.00242. The third-order valence-corrected chi connectivity index (χ3v) is 7.08. The van der Waals surface area contributed by atoms with Crippen molar-refractivity contribution in [2.24, 2.45) is 17.8 Å². The van der Waals surface area contributed by atoms with Crippen LogP contribution in [0.5, 0.6) is 0 Å². The molecule has 9 heteroatoms. The molecule has 0 bridgehead atoms. The van der Waals surface area contributed by atoms with Gasteiger partial charge in [0.2, 0.25) is 5.92 Å². The first-order valence-electron chi connectivity index (χ1n) is 11.5. The van der Waals surface area contributed by atoms with Crippen LogP contribution in [0.3, 0.4) is 0 Å². The van der Waals surface area contributed by atoms with Crippen molar-refractivity contribution in [1.82, 2.24) is 4.98 Å². The van der Waals surface area contributed by atoms with E-state index in [1.54, 1.807) is 29.2 Å².